The Kier molecular flexibility index (Phi) is 6.05. The maximum Gasteiger partial charge on any atom is 0.328 e. The fourth-order valence-corrected chi connectivity index (χ4v) is 4.57. The number of amides is 1. The number of hydrogen-bond acceptors (Lipinski definition) is 7. The van der Waals surface area contributed by atoms with Crippen LogP contribution in [0, 0.1) is 5.92 Å². The molecule has 4 N–H and O–H groups in total. The van der Waals surface area contributed by atoms with Gasteiger partial charge < -0.3 is 20.9 Å². The van der Waals surface area contributed by atoms with E-state index in [-0.39, 0.29) is 17.6 Å². The van der Waals surface area contributed by atoms with Crippen LogP contribution in [-0.4, -0.2) is 43.8 Å². The molecule has 1 saturated carbocycles. The first-order chi connectivity index (χ1) is 16.0. The highest BCUT2D eigenvalue weighted by Crippen LogP contribution is 2.40. The number of aliphatic carboxylic acids is 1. The zero-order chi connectivity index (χ0) is 24.7. The van der Waals surface area contributed by atoms with Crippen LogP contribution in [-0.2, 0) is 9.59 Å². The summed E-state index contributed by atoms with van der Waals surface area (Å²) in [6, 6.07) is 8.29. The van der Waals surface area contributed by atoms with E-state index in [0.29, 0.717) is 17.5 Å². The van der Waals surface area contributed by atoms with Crippen molar-refractivity contribution in [2.45, 2.75) is 70.4 Å². The van der Waals surface area contributed by atoms with Crippen molar-refractivity contribution in [1.29, 1.82) is 0 Å². The number of aromatic nitrogens is 2. The molecule has 0 radical (unpaired) electrons. The van der Waals surface area contributed by atoms with Crippen LogP contribution >= 0.6 is 0 Å². The van der Waals surface area contributed by atoms with Gasteiger partial charge in [-0.05, 0) is 64.9 Å². The van der Waals surface area contributed by atoms with E-state index in [1.807, 2.05) is 26.0 Å². The minimum atomic E-state index is -1.26. The van der Waals surface area contributed by atoms with E-state index >= 15 is 0 Å². The number of fused-ring (bicyclic) bond motifs is 1. The first-order valence-electron chi connectivity index (χ1n) is 11.5. The summed E-state index contributed by atoms with van der Waals surface area (Å²) >= 11 is 0. The van der Waals surface area contributed by atoms with Crippen LogP contribution in [0.5, 0.6) is 5.88 Å². The molecule has 1 aliphatic heterocycles. The molecule has 1 aromatic carbocycles. The van der Waals surface area contributed by atoms with Crippen molar-refractivity contribution in [3.8, 4) is 5.88 Å². The molecule has 2 aromatic rings. The highest BCUT2D eigenvalue weighted by molar-refractivity contribution is 6.09. The van der Waals surface area contributed by atoms with Crippen LogP contribution in [0.25, 0.3) is 0 Å². The molecular formula is C25H31N5O4. The monoisotopic (exact) mass is 465 g/mol. The van der Waals surface area contributed by atoms with Crippen LogP contribution in [0.3, 0.4) is 0 Å². The Morgan fingerprint density at radius 3 is 2.38 bits per heavy atom. The van der Waals surface area contributed by atoms with Gasteiger partial charge in [-0.3, -0.25) is 4.79 Å². The fraction of sp³-hybridized carbons (Fsp3) is 0.480. The number of benzene rings is 1. The molecule has 1 amide bonds. The van der Waals surface area contributed by atoms with E-state index in [0.717, 1.165) is 37.0 Å². The Labute approximate surface area is 198 Å². The van der Waals surface area contributed by atoms with Crippen molar-refractivity contribution in [1.82, 2.24) is 15.3 Å². The van der Waals surface area contributed by atoms with Gasteiger partial charge in [0, 0.05) is 11.5 Å². The van der Waals surface area contributed by atoms with Crippen molar-refractivity contribution in [2.75, 3.05) is 5.73 Å². The number of carboxylic acid groups (broad SMARTS) is 1. The van der Waals surface area contributed by atoms with Gasteiger partial charge in [-0.2, -0.15) is 4.98 Å². The first-order valence-corrected chi connectivity index (χ1v) is 11.5. The number of rotatable bonds is 5. The summed E-state index contributed by atoms with van der Waals surface area (Å²) in [5, 5.41) is 11.9. The van der Waals surface area contributed by atoms with Gasteiger partial charge in [0.1, 0.15) is 17.5 Å². The molecule has 0 saturated heterocycles. The number of carbonyl (C=O) groups is 2. The van der Waals surface area contributed by atoms with Gasteiger partial charge in [-0.25, -0.2) is 14.8 Å². The standard InChI is InChI=1S/C25H31N5O4/c1-24(2,23(32)33)30-21(31)17-11-7-15(8-12-17)14-5-9-16(10-6-14)19-25(3,4)34-22-18(29-19)20(26)27-13-28-22/h5-6,9-10,13,15,17H,7-8,11-12H2,1-4H3,(H,30,31)(H,32,33)(H2,26,27,28)/t15-,17-. The second kappa shape index (κ2) is 8.70. The van der Waals surface area contributed by atoms with Gasteiger partial charge in [0.2, 0.25) is 11.8 Å². The zero-order valence-corrected chi connectivity index (χ0v) is 20.0. The van der Waals surface area contributed by atoms with Crippen molar-refractivity contribution in [2.24, 2.45) is 10.9 Å². The smallest absolute Gasteiger partial charge is 0.328 e. The summed E-state index contributed by atoms with van der Waals surface area (Å²) in [7, 11) is 0. The van der Waals surface area contributed by atoms with Gasteiger partial charge in [0.25, 0.3) is 0 Å². The molecule has 0 bridgehead atoms. The summed E-state index contributed by atoms with van der Waals surface area (Å²) in [5.41, 5.74) is 7.40. The van der Waals surface area contributed by atoms with Crippen LogP contribution in [0.2, 0.25) is 0 Å². The lowest BCUT2D eigenvalue weighted by atomic mass is 9.78. The zero-order valence-electron chi connectivity index (χ0n) is 20.0. The van der Waals surface area contributed by atoms with Gasteiger partial charge in [0.05, 0.1) is 5.71 Å². The molecule has 0 atom stereocenters. The molecule has 1 fully saturated rings. The highest BCUT2D eigenvalue weighted by Gasteiger charge is 2.36. The Hall–Kier alpha value is -3.49. The van der Waals surface area contributed by atoms with E-state index in [9.17, 15) is 14.7 Å². The minimum Gasteiger partial charge on any atom is -0.480 e. The SMILES string of the molecule is CC(C)(NC(=O)[C@H]1CC[C@H](c2ccc(C3=Nc4c(N)ncnc4OC3(C)C)cc2)CC1)C(=O)O. The van der Waals surface area contributed by atoms with Crippen molar-refractivity contribution < 1.29 is 19.4 Å². The van der Waals surface area contributed by atoms with Crippen LogP contribution in [0.15, 0.2) is 35.6 Å². The molecule has 4 rings (SSSR count). The number of anilines is 1. The molecule has 0 unspecified atom stereocenters. The molecular weight excluding hydrogens is 434 g/mol. The molecule has 9 nitrogen and oxygen atoms in total. The lowest BCUT2D eigenvalue weighted by Crippen LogP contribution is -2.51. The molecule has 1 aromatic heterocycles. The van der Waals surface area contributed by atoms with Crippen molar-refractivity contribution in [3.05, 3.63) is 41.7 Å². The van der Waals surface area contributed by atoms with E-state index < -0.39 is 17.1 Å². The molecule has 180 valence electrons. The third-order valence-electron chi connectivity index (χ3n) is 6.69. The molecule has 9 heteroatoms. The van der Waals surface area contributed by atoms with Crippen LogP contribution < -0.4 is 15.8 Å². The minimum absolute atomic E-state index is 0.156. The summed E-state index contributed by atoms with van der Waals surface area (Å²) in [6.07, 6.45) is 4.59. The maximum absolute atomic E-state index is 12.5. The predicted molar refractivity (Wildman–Crippen MR) is 128 cm³/mol. The van der Waals surface area contributed by atoms with Gasteiger partial charge >= 0.3 is 5.97 Å². The average molecular weight is 466 g/mol. The quantitative estimate of drug-likeness (QED) is 0.613. The largest absolute Gasteiger partial charge is 0.480 e. The lowest BCUT2D eigenvalue weighted by molar-refractivity contribution is -0.146. The second-order valence-corrected chi connectivity index (χ2v) is 10.1. The molecule has 2 aliphatic rings. The lowest BCUT2D eigenvalue weighted by Gasteiger charge is -2.32. The summed E-state index contributed by atoms with van der Waals surface area (Å²) < 4.78 is 6.06. The molecule has 0 spiro atoms. The molecule has 34 heavy (non-hydrogen) atoms. The normalized spacial score (nSPS) is 21.6. The number of nitrogens with one attached hydrogen (secondary N) is 1. The summed E-state index contributed by atoms with van der Waals surface area (Å²) in [4.78, 5) is 36.7. The summed E-state index contributed by atoms with van der Waals surface area (Å²) in [6.45, 7) is 6.89. The van der Waals surface area contributed by atoms with Gasteiger partial charge in [-0.15, -0.1) is 0 Å². The number of nitrogens with two attached hydrogens (primary N) is 1. The number of hydrogen-bond donors (Lipinski definition) is 3. The topological polar surface area (TPSA) is 140 Å². The highest BCUT2D eigenvalue weighted by atomic mass is 16.5. The van der Waals surface area contributed by atoms with Crippen molar-refractivity contribution in [3.63, 3.8) is 0 Å². The number of nitrogen functional groups attached to an aromatic ring is 1. The number of carbonyl (C=O) groups excluding carboxylic acids is 1. The van der Waals surface area contributed by atoms with Gasteiger partial charge in [-0.1, -0.05) is 24.3 Å². The number of carboxylic acids is 1. The second-order valence-electron chi connectivity index (χ2n) is 10.1. The fourth-order valence-electron chi connectivity index (χ4n) is 4.57. The summed E-state index contributed by atoms with van der Waals surface area (Å²) in [5.74, 6) is -0.358. The van der Waals surface area contributed by atoms with E-state index in [1.165, 1.54) is 25.7 Å². The number of nitrogens with zero attached hydrogens (tertiary/aromatic N) is 3. The Balaban J connectivity index is 1.45. The number of ether oxygens (including phenoxy) is 1. The van der Waals surface area contributed by atoms with Gasteiger partial charge in [0.15, 0.2) is 11.5 Å². The van der Waals surface area contributed by atoms with E-state index in [2.05, 4.69) is 27.4 Å². The van der Waals surface area contributed by atoms with Crippen molar-refractivity contribution >= 4 is 29.1 Å². The Bertz CT molecular complexity index is 1130. The van der Waals surface area contributed by atoms with E-state index in [1.54, 1.807) is 0 Å². The van der Waals surface area contributed by atoms with E-state index in [4.69, 9.17) is 15.5 Å². The Morgan fingerprint density at radius 1 is 1.12 bits per heavy atom. The first kappa shape index (κ1) is 23.7. The Morgan fingerprint density at radius 2 is 1.76 bits per heavy atom. The third-order valence-corrected chi connectivity index (χ3v) is 6.69. The van der Waals surface area contributed by atoms with Crippen LogP contribution in [0.4, 0.5) is 11.5 Å². The molecule has 2 heterocycles. The van der Waals surface area contributed by atoms with Crippen LogP contribution in [0.1, 0.15) is 70.4 Å². The predicted octanol–water partition coefficient (Wildman–Crippen LogP) is 3.60. The average Bonchev–Trinajstić information content (AvgIpc) is 2.78. The molecule has 1 aliphatic carbocycles. The third kappa shape index (κ3) is 4.60. The maximum atomic E-state index is 12.5. The number of aliphatic imine (C=N–C) groups is 1.